The van der Waals surface area contributed by atoms with Crippen molar-refractivity contribution in [2.75, 3.05) is 13.2 Å². The van der Waals surface area contributed by atoms with Gasteiger partial charge in [0.25, 0.3) is 0 Å². The molecule has 0 N–H and O–H groups in total. The van der Waals surface area contributed by atoms with Crippen LogP contribution < -0.4 is 0 Å². The molecule has 0 aliphatic rings. The minimum atomic E-state index is -0.816. The second-order valence-corrected chi connectivity index (χ2v) is 3.95. The normalized spacial score (nSPS) is 9.35. The fourth-order valence-corrected chi connectivity index (χ4v) is 1.34. The van der Waals surface area contributed by atoms with Gasteiger partial charge >= 0.3 is 11.9 Å². The first-order chi connectivity index (χ1) is 9.58. The van der Waals surface area contributed by atoms with Gasteiger partial charge in [-0.2, -0.15) is 0 Å². The summed E-state index contributed by atoms with van der Waals surface area (Å²) in [4.78, 5) is 27.2. The Hall–Kier alpha value is -2.10. The van der Waals surface area contributed by atoms with Crippen LogP contribution in [0.1, 0.15) is 13.8 Å². The van der Waals surface area contributed by atoms with E-state index < -0.39 is 11.9 Å². The number of aliphatic imine (C=N–C) groups is 1. The highest BCUT2D eigenvalue weighted by Crippen LogP contribution is 2.15. The van der Waals surface area contributed by atoms with E-state index in [2.05, 4.69) is 10.9 Å². The second-order valence-electron chi connectivity index (χ2n) is 3.52. The Morgan fingerprint density at radius 3 is 2.05 bits per heavy atom. The molecule has 0 heterocycles. The summed E-state index contributed by atoms with van der Waals surface area (Å²) in [6, 6.07) is 6.53. The minimum absolute atomic E-state index is 0.143. The predicted molar refractivity (Wildman–Crippen MR) is 75.3 cm³/mol. The van der Waals surface area contributed by atoms with E-state index in [0.717, 1.165) is 0 Å². The zero-order valence-corrected chi connectivity index (χ0v) is 11.9. The highest BCUT2D eigenvalue weighted by molar-refractivity contribution is 6.30. The van der Waals surface area contributed by atoms with E-state index in [0.29, 0.717) is 10.7 Å². The number of carbonyl (C=O) groups excluding carboxylic acids is 2. The van der Waals surface area contributed by atoms with Crippen LogP contribution in [0.5, 0.6) is 0 Å². The summed E-state index contributed by atoms with van der Waals surface area (Å²) in [5.41, 5.74) is 0.129. The van der Waals surface area contributed by atoms with Crippen LogP contribution in [0.3, 0.4) is 0 Å². The van der Waals surface area contributed by atoms with Crippen LogP contribution in [0.2, 0.25) is 5.02 Å². The average molecular weight is 296 g/mol. The first-order valence-electron chi connectivity index (χ1n) is 6.02. The van der Waals surface area contributed by atoms with Crippen molar-refractivity contribution < 1.29 is 19.1 Å². The van der Waals surface area contributed by atoms with Gasteiger partial charge in [0.15, 0.2) is 0 Å². The van der Waals surface area contributed by atoms with Gasteiger partial charge in [-0.15, -0.1) is 0 Å². The average Bonchev–Trinajstić information content (AvgIpc) is 2.42. The molecule has 0 spiro atoms. The van der Waals surface area contributed by atoms with Crippen LogP contribution >= 0.6 is 11.6 Å². The van der Waals surface area contributed by atoms with Crippen molar-refractivity contribution in [1.82, 2.24) is 0 Å². The fourth-order valence-electron chi connectivity index (χ4n) is 1.22. The van der Waals surface area contributed by atoms with Crippen molar-refractivity contribution in [2.45, 2.75) is 13.8 Å². The molecule has 0 fully saturated rings. The molecule has 0 radical (unpaired) electrons. The summed E-state index contributed by atoms with van der Waals surface area (Å²) >= 11 is 5.74. The fraction of sp³-hybridized carbons (Fsp3) is 0.286. The van der Waals surface area contributed by atoms with Gasteiger partial charge in [-0.05, 0) is 38.1 Å². The lowest BCUT2D eigenvalue weighted by Crippen LogP contribution is -2.18. The number of ether oxygens (including phenoxy) is 2. The summed E-state index contributed by atoms with van der Waals surface area (Å²) in [6.45, 7) is 3.56. The van der Waals surface area contributed by atoms with E-state index in [1.54, 1.807) is 38.1 Å². The van der Waals surface area contributed by atoms with Crippen molar-refractivity contribution in [3.05, 3.63) is 34.9 Å². The molecule has 0 aliphatic carbocycles. The van der Waals surface area contributed by atoms with Crippen molar-refractivity contribution >= 4 is 35.1 Å². The maximum Gasteiger partial charge on any atom is 0.355 e. The van der Waals surface area contributed by atoms with Crippen LogP contribution in [0.4, 0.5) is 5.69 Å². The molecular weight excluding hydrogens is 282 g/mol. The number of esters is 2. The number of hydrogen-bond acceptors (Lipinski definition) is 5. The molecule has 5 nitrogen and oxygen atoms in total. The molecule has 0 aromatic heterocycles. The molecule has 20 heavy (non-hydrogen) atoms. The van der Waals surface area contributed by atoms with Crippen LogP contribution in [-0.4, -0.2) is 31.0 Å². The molecule has 0 atom stereocenters. The Morgan fingerprint density at radius 2 is 1.60 bits per heavy atom. The van der Waals surface area contributed by atoms with E-state index in [4.69, 9.17) is 21.1 Å². The van der Waals surface area contributed by atoms with Crippen molar-refractivity contribution in [3.8, 4) is 0 Å². The van der Waals surface area contributed by atoms with Gasteiger partial charge in [-0.3, -0.25) is 0 Å². The first-order valence-corrected chi connectivity index (χ1v) is 6.39. The maximum absolute atomic E-state index is 11.6. The molecule has 0 unspecified atom stereocenters. The largest absolute Gasteiger partial charge is 0.462 e. The van der Waals surface area contributed by atoms with E-state index in [1.165, 1.54) is 0 Å². The van der Waals surface area contributed by atoms with Gasteiger partial charge in [-0.25, -0.2) is 14.6 Å². The Labute approximate surface area is 121 Å². The van der Waals surface area contributed by atoms with Crippen LogP contribution in [-0.2, 0) is 19.1 Å². The van der Waals surface area contributed by atoms with Crippen molar-refractivity contribution in [2.24, 2.45) is 4.99 Å². The van der Waals surface area contributed by atoms with E-state index in [-0.39, 0.29) is 18.8 Å². The van der Waals surface area contributed by atoms with Crippen molar-refractivity contribution in [1.29, 1.82) is 0 Å². The second kappa shape index (κ2) is 8.15. The standard InChI is InChI=1S/C14H14ClNO4/c1-3-19-13(17)12(14(18)20-4-2)9-16-11-7-5-10(15)6-8-11/h5-8H,3-4H2,1-2H3. The molecule has 1 aromatic rings. The molecule has 0 saturated carbocycles. The SMILES string of the molecule is CCOC(=O)C(=C=Nc1ccc(Cl)cc1)C(=O)OCC. The molecule has 0 saturated heterocycles. The molecule has 6 heteroatoms. The van der Waals surface area contributed by atoms with Crippen LogP contribution in [0, 0.1) is 0 Å². The Bertz CT molecular complexity index is 525. The highest BCUT2D eigenvalue weighted by Gasteiger charge is 2.21. The zero-order chi connectivity index (χ0) is 15.0. The van der Waals surface area contributed by atoms with E-state index in [9.17, 15) is 9.59 Å². The van der Waals surface area contributed by atoms with Gasteiger partial charge in [-0.1, -0.05) is 11.6 Å². The lowest BCUT2D eigenvalue weighted by molar-refractivity contribution is -0.146. The number of carbonyl (C=O) groups is 2. The van der Waals surface area contributed by atoms with Crippen LogP contribution in [0.25, 0.3) is 0 Å². The topological polar surface area (TPSA) is 65.0 Å². The summed E-state index contributed by atoms with van der Waals surface area (Å²) in [5.74, 6) is 0.742. The number of benzene rings is 1. The van der Waals surface area contributed by atoms with Gasteiger partial charge in [0.05, 0.1) is 18.9 Å². The van der Waals surface area contributed by atoms with Gasteiger partial charge < -0.3 is 9.47 Å². The Balaban J connectivity index is 3.07. The Morgan fingerprint density at radius 1 is 1.10 bits per heavy atom. The van der Waals surface area contributed by atoms with E-state index >= 15 is 0 Å². The molecule has 1 rings (SSSR count). The Kier molecular flexibility index (Phi) is 6.50. The number of hydrogen-bond donors (Lipinski definition) is 0. The number of nitrogens with zero attached hydrogens (tertiary/aromatic N) is 1. The monoisotopic (exact) mass is 295 g/mol. The molecule has 1 aromatic carbocycles. The third-order valence-electron chi connectivity index (χ3n) is 2.08. The third kappa shape index (κ3) is 4.88. The summed E-state index contributed by atoms with van der Waals surface area (Å²) < 4.78 is 9.52. The predicted octanol–water partition coefficient (Wildman–Crippen LogP) is 2.69. The zero-order valence-electron chi connectivity index (χ0n) is 11.2. The van der Waals surface area contributed by atoms with Crippen LogP contribution in [0.15, 0.2) is 34.8 Å². The summed E-state index contributed by atoms with van der Waals surface area (Å²) in [6.07, 6.45) is 0. The number of halogens is 1. The van der Waals surface area contributed by atoms with Crippen molar-refractivity contribution in [3.63, 3.8) is 0 Å². The lowest BCUT2D eigenvalue weighted by atomic mass is 10.3. The first kappa shape index (κ1) is 16.0. The third-order valence-corrected chi connectivity index (χ3v) is 2.33. The van der Waals surface area contributed by atoms with Gasteiger partial charge in [0.2, 0.25) is 5.57 Å². The maximum atomic E-state index is 11.6. The van der Waals surface area contributed by atoms with E-state index in [1.807, 2.05) is 0 Å². The molecule has 0 bridgehead atoms. The lowest BCUT2D eigenvalue weighted by Gasteiger charge is -2.03. The summed E-state index contributed by atoms with van der Waals surface area (Å²) in [7, 11) is 0. The molecule has 106 valence electrons. The summed E-state index contributed by atoms with van der Waals surface area (Å²) in [5, 5.41) is 0.559. The molecule has 0 aliphatic heterocycles. The number of rotatable bonds is 5. The quantitative estimate of drug-likeness (QED) is 0.275. The molecule has 0 amide bonds. The highest BCUT2D eigenvalue weighted by atomic mass is 35.5. The molecular formula is C14H14ClNO4. The van der Waals surface area contributed by atoms with Gasteiger partial charge in [0.1, 0.15) is 0 Å². The smallest absolute Gasteiger partial charge is 0.355 e. The minimum Gasteiger partial charge on any atom is -0.462 e. The van der Waals surface area contributed by atoms with Gasteiger partial charge in [0, 0.05) is 10.9 Å².